The molecule has 2 aliphatic heterocycles. The molecular formula is C32H32N5NaO11. The summed E-state index contributed by atoms with van der Waals surface area (Å²) in [7, 11) is 3.05. The van der Waals surface area contributed by atoms with Crippen molar-refractivity contribution >= 4 is 5.97 Å². The zero-order chi connectivity index (χ0) is 33.0. The minimum atomic E-state index is -1.11. The first-order valence-corrected chi connectivity index (χ1v) is 14.3. The molecule has 2 aliphatic rings. The minimum Gasteiger partial charge on any atom is -0.870 e. The Kier molecular flexibility index (Phi) is 15.5. The van der Waals surface area contributed by atoms with E-state index in [0.717, 1.165) is 0 Å². The number of nitriles is 1. The second-order valence-corrected chi connectivity index (χ2v) is 9.69. The number of carbonyl (C=O) groups is 1. The van der Waals surface area contributed by atoms with E-state index in [1.54, 1.807) is 48.8 Å². The number of ether oxygens (including phenoxy) is 8. The standard InChI is InChI=1S/C16H15N3O4.C16H16N2O6.Na.H2O/c1-20-15-7-12(16-21-5-6-22-16)14(9-19-15)23-10-11-3-2-4-18-13(11)8-17;1-21-13-7-11(16-22-5-6-23-16)12(8-18-13)24-9-10-3-2-4-17-14(10)15(19)20;;/h2-4,7,9,16H,5-6,10H2,1H3;2-4,7-8,16H,5-6,9H2,1H3,(H,19,20);;1H2/q;;+1;/p-1. The first-order valence-electron chi connectivity index (χ1n) is 14.3. The fraction of sp³-hybridized carbons (Fsp3) is 0.312. The first kappa shape index (κ1) is 39.0. The number of aromatic carboxylic acids is 1. The molecule has 0 saturated carbocycles. The van der Waals surface area contributed by atoms with Crippen molar-refractivity contribution in [3.05, 3.63) is 94.8 Å². The Hall–Kier alpha value is -4.44. The summed E-state index contributed by atoms with van der Waals surface area (Å²) in [6, 6.07) is 12.3. The molecule has 2 saturated heterocycles. The molecule has 0 bridgehead atoms. The van der Waals surface area contributed by atoms with E-state index in [2.05, 4.69) is 19.9 Å². The van der Waals surface area contributed by atoms with Gasteiger partial charge in [-0.1, -0.05) is 12.1 Å². The molecule has 16 nitrogen and oxygen atoms in total. The van der Waals surface area contributed by atoms with E-state index in [9.17, 15) is 9.90 Å². The van der Waals surface area contributed by atoms with Crippen LogP contribution in [-0.2, 0) is 32.2 Å². The van der Waals surface area contributed by atoms with Gasteiger partial charge >= 0.3 is 35.5 Å². The van der Waals surface area contributed by atoms with E-state index in [1.807, 2.05) is 6.07 Å². The molecule has 0 unspecified atom stereocenters. The van der Waals surface area contributed by atoms with Gasteiger partial charge in [-0.15, -0.1) is 0 Å². The van der Waals surface area contributed by atoms with Crippen LogP contribution in [0.5, 0.6) is 23.3 Å². The molecule has 4 aromatic heterocycles. The van der Waals surface area contributed by atoms with E-state index in [0.29, 0.717) is 77.6 Å². The summed E-state index contributed by atoms with van der Waals surface area (Å²) in [6.45, 7) is 2.25. The van der Waals surface area contributed by atoms with Crippen LogP contribution >= 0.6 is 0 Å². The Morgan fingerprint density at radius 2 is 1.29 bits per heavy atom. The van der Waals surface area contributed by atoms with Crippen molar-refractivity contribution in [3.63, 3.8) is 0 Å². The number of hydrogen-bond acceptors (Lipinski definition) is 15. The van der Waals surface area contributed by atoms with Crippen LogP contribution in [-0.4, -0.2) is 77.1 Å². The largest absolute Gasteiger partial charge is 1.00 e. The van der Waals surface area contributed by atoms with Crippen LogP contribution in [0.25, 0.3) is 0 Å². The van der Waals surface area contributed by atoms with Gasteiger partial charge in [0.1, 0.15) is 36.5 Å². The van der Waals surface area contributed by atoms with E-state index < -0.39 is 18.5 Å². The molecule has 0 atom stereocenters. The number of rotatable bonds is 11. The van der Waals surface area contributed by atoms with Gasteiger partial charge in [0.05, 0.1) is 64.2 Å². The van der Waals surface area contributed by atoms with Gasteiger partial charge in [-0.25, -0.2) is 24.7 Å². The van der Waals surface area contributed by atoms with Crippen LogP contribution in [0, 0.1) is 11.3 Å². The average Bonchev–Trinajstić information content (AvgIpc) is 3.86. The van der Waals surface area contributed by atoms with Gasteiger partial charge in [0.15, 0.2) is 18.3 Å². The number of pyridine rings is 4. The zero-order valence-electron chi connectivity index (χ0n) is 27.0. The molecule has 6 rings (SSSR count). The fourth-order valence-electron chi connectivity index (χ4n) is 4.50. The molecule has 0 radical (unpaired) electrons. The number of nitrogens with zero attached hydrogens (tertiary/aromatic N) is 5. The molecule has 2 fully saturated rings. The van der Waals surface area contributed by atoms with Crippen LogP contribution in [0.1, 0.15) is 51.0 Å². The summed E-state index contributed by atoms with van der Waals surface area (Å²) >= 11 is 0. The summed E-state index contributed by atoms with van der Waals surface area (Å²) in [5.74, 6) is 0.702. The first-order chi connectivity index (χ1) is 23.0. The maximum atomic E-state index is 11.2. The van der Waals surface area contributed by atoms with Crippen molar-refractivity contribution in [2.45, 2.75) is 25.8 Å². The van der Waals surface area contributed by atoms with E-state index >= 15 is 0 Å². The van der Waals surface area contributed by atoms with Crippen molar-refractivity contribution in [2.75, 3.05) is 40.6 Å². The summed E-state index contributed by atoms with van der Waals surface area (Å²) < 4.78 is 43.9. The third kappa shape index (κ3) is 10.3. The van der Waals surface area contributed by atoms with E-state index in [4.69, 9.17) is 43.2 Å². The zero-order valence-corrected chi connectivity index (χ0v) is 29.0. The van der Waals surface area contributed by atoms with Crippen molar-refractivity contribution in [3.8, 4) is 29.3 Å². The van der Waals surface area contributed by atoms with Crippen LogP contribution in [0.3, 0.4) is 0 Å². The van der Waals surface area contributed by atoms with Gasteiger partial charge < -0.3 is 48.5 Å². The van der Waals surface area contributed by atoms with Gasteiger partial charge in [0.2, 0.25) is 11.8 Å². The smallest absolute Gasteiger partial charge is 0.870 e. The molecule has 4 aromatic rings. The van der Waals surface area contributed by atoms with Crippen molar-refractivity contribution in [2.24, 2.45) is 0 Å². The number of methoxy groups -OCH3 is 2. The summed E-state index contributed by atoms with van der Waals surface area (Å²) in [4.78, 5) is 27.3. The Morgan fingerprint density at radius 1 is 0.816 bits per heavy atom. The molecule has 0 aliphatic carbocycles. The third-order valence-electron chi connectivity index (χ3n) is 6.77. The Bertz CT molecular complexity index is 1710. The summed E-state index contributed by atoms with van der Waals surface area (Å²) in [5.41, 5.74) is 2.79. The molecule has 17 heteroatoms. The SMILES string of the molecule is COc1cc(C2OCCO2)c(OCc2cccnc2C#N)cn1.COc1cc(C2OCCO2)c(OCc2cccnc2C(=O)O)cn1.[Na+].[OH-]. The predicted molar refractivity (Wildman–Crippen MR) is 162 cm³/mol. The molecule has 2 N–H and O–H groups in total. The monoisotopic (exact) mass is 685 g/mol. The van der Waals surface area contributed by atoms with Gasteiger partial charge in [-0.05, 0) is 12.1 Å². The molecule has 252 valence electrons. The second kappa shape index (κ2) is 19.5. The van der Waals surface area contributed by atoms with E-state index in [-0.39, 0.29) is 53.9 Å². The second-order valence-electron chi connectivity index (χ2n) is 9.69. The summed E-state index contributed by atoms with van der Waals surface area (Å²) in [5, 5.41) is 18.2. The molecule has 0 aromatic carbocycles. The molecule has 0 spiro atoms. The van der Waals surface area contributed by atoms with Gasteiger partial charge in [-0.3, -0.25) is 0 Å². The van der Waals surface area contributed by atoms with Crippen molar-refractivity contribution in [1.82, 2.24) is 19.9 Å². The van der Waals surface area contributed by atoms with Gasteiger partial charge in [-0.2, -0.15) is 5.26 Å². The normalized spacial score (nSPS) is 13.9. The minimum absolute atomic E-state index is 0. The van der Waals surface area contributed by atoms with Crippen LogP contribution in [0.4, 0.5) is 0 Å². The van der Waals surface area contributed by atoms with Crippen molar-refractivity contribution in [1.29, 1.82) is 5.26 Å². The predicted octanol–water partition coefficient (Wildman–Crippen LogP) is 0.616. The number of hydrogen-bond donors (Lipinski definition) is 1. The van der Waals surface area contributed by atoms with Crippen molar-refractivity contribution < 1.29 is 82.8 Å². The molecular weight excluding hydrogens is 653 g/mol. The van der Waals surface area contributed by atoms with Gasteiger partial charge in [0, 0.05) is 35.7 Å². The number of aromatic nitrogens is 4. The topological polar surface area (TPSA) is 216 Å². The van der Waals surface area contributed by atoms with Gasteiger partial charge in [0.25, 0.3) is 0 Å². The Morgan fingerprint density at radius 3 is 1.76 bits per heavy atom. The van der Waals surface area contributed by atoms with Crippen LogP contribution in [0.15, 0.2) is 61.2 Å². The summed E-state index contributed by atoms with van der Waals surface area (Å²) in [6.07, 6.45) is 4.98. The maximum Gasteiger partial charge on any atom is 1.00 e. The molecule has 6 heterocycles. The number of carboxylic acids is 1. The van der Waals surface area contributed by atoms with Crippen LogP contribution < -0.4 is 48.5 Å². The Labute approximate surface area is 303 Å². The quantitative estimate of drug-likeness (QED) is 0.214. The maximum absolute atomic E-state index is 11.2. The van der Waals surface area contributed by atoms with Crippen LogP contribution in [0.2, 0.25) is 0 Å². The average molecular weight is 686 g/mol. The molecule has 0 amide bonds. The fourth-order valence-corrected chi connectivity index (χ4v) is 4.50. The Balaban J connectivity index is 0.000000255. The number of carboxylic acid groups (broad SMARTS) is 1. The van der Waals surface area contributed by atoms with E-state index in [1.165, 1.54) is 26.6 Å². The third-order valence-corrected chi connectivity index (χ3v) is 6.77. The molecule has 49 heavy (non-hydrogen) atoms.